The molecule has 3 N–H and O–H groups in total. The minimum atomic E-state index is -0.536. The van der Waals surface area contributed by atoms with Crippen LogP contribution < -0.4 is 10.5 Å². The van der Waals surface area contributed by atoms with E-state index in [1.807, 2.05) is 0 Å². The summed E-state index contributed by atoms with van der Waals surface area (Å²) in [5.41, 5.74) is 6.44. The summed E-state index contributed by atoms with van der Waals surface area (Å²) in [7, 11) is 0. The normalized spacial score (nSPS) is 10.7. The molecule has 17 heavy (non-hydrogen) atoms. The fourth-order valence-electron chi connectivity index (χ4n) is 1.59. The van der Waals surface area contributed by atoms with Crippen LogP contribution in [0.5, 0.6) is 5.75 Å². The largest absolute Gasteiger partial charge is 0.488 e. The first-order valence-electron chi connectivity index (χ1n) is 5.30. The Morgan fingerprint density at radius 3 is 3.06 bits per heavy atom. The van der Waals surface area contributed by atoms with Gasteiger partial charge in [-0.2, -0.15) is 0 Å². The van der Waals surface area contributed by atoms with Crippen LogP contribution in [0.2, 0.25) is 0 Å². The number of fused-ring (bicyclic) bond motifs is 1. The van der Waals surface area contributed by atoms with Crippen molar-refractivity contribution in [1.82, 2.24) is 4.98 Å². The third-order valence-corrected chi connectivity index (χ3v) is 2.38. The maximum absolute atomic E-state index is 13.7. The van der Waals surface area contributed by atoms with E-state index < -0.39 is 5.82 Å². The predicted molar refractivity (Wildman–Crippen MR) is 63.3 cm³/mol. The first-order valence-corrected chi connectivity index (χ1v) is 5.30. The molecule has 1 aromatic carbocycles. The minimum Gasteiger partial charge on any atom is -0.488 e. The molecule has 0 radical (unpaired) electrons. The average molecular weight is 236 g/mol. The van der Waals surface area contributed by atoms with Crippen LogP contribution in [0.15, 0.2) is 24.4 Å². The van der Waals surface area contributed by atoms with Crippen LogP contribution >= 0.6 is 0 Å². The molecule has 1 aromatic heterocycles. The Bertz CT molecular complexity index is 531. The molecule has 0 saturated heterocycles. The van der Waals surface area contributed by atoms with E-state index in [4.69, 9.17) is 15.6 Å². The molecule has 2 rings (SSSR count). The number of nitrogens with zero attached hydrogens (tertiary/aromatic N) is 1. The highest BCUT2D eigenvalue weighted by Gasteiger charge is 2.12. The molecule has 0 bridgehead atoms. The van der Waals surface area contributed by atoms with Crippen molar-refractivity contribution in [2.75, 3.05) is 18.9 Å². The van der Waals surface area contributed by atoms with E-state index in [-0.39, 0.29) is 19.0 Å². The van der Waals surface area contributed by atoms with Crippen LogP contribution in [-0.2, 0) is 0 Å². The van der Waals surface area contributed by atoms with Crippen molar-refractivity contribution in [2.24, 2.45) is 0 Å². The number of halogens is 1. The third kappa shape index (κ3) is 2.29. The molecule has 0 saturated carbocycles. The van der Waals surface area contributed by atoms with Gasteiger partial charge in [-0.3, -0.25) is 4.98 Å². The molecule has 4 nitrogen and oxygen atoms in total. The zero-order valence-corrected chi connectivity index (χ0v) is 9.19. The lowest BCUT2D eigenvalue weighted by Crippen LogP contribution is -2.03. The standard InChI is InChI=1S/C12H13FN2O2/c13-9-7-10(14)8-3-1-4-15-11(8)12(9)17-6-2-5-16/h1,3-4,7,16H,2,5-6,14H2. The summed E-state index contributed by atoms with van der Waals surface area (Å²) in [6.07, 6.45) is 2.00. The van der Waals surface area contributed by atoms with Crippen LogP contribution in [-0.4, -0.2) is 23.3 Å². The lowest BCUT2D eigenvalue weighted by Gasteiger charge is -2.10. The van der Waals surface area contributed by atoms with E-state index in [1.165, 1.54) is 6.07 Å². The minimum absolute atomic E-state index is 0.00194. The van der Waals surface area contributed by atoms with Crippen LogP contribution in [0.3, 0.4) is 0 Å². The number of rotatable bonds is 4. The van der Waals surface area contributed by atoms with Crippen molar-refractivity contribution in [2.45, 2.75) is 6.42 Å². The highest BCUT2D eigenvalue weighted by molar-refractivity contribution is 5.94. The van der Waals surface area contributed by atoms with Crippen LogP contribution in [0, 0.1) is 5.82 Å². The van der Waals surface area contributed by atoms with Crippen molar-refractivity contribution in [3.8, 4) is 5.75 Å². The van der Waals surface area contributed by atoms with E-state index in [9.17, 15) is 4.39 Å². The van der Waals surface area contributed by atoms with Crippen LogP contribution in [0.4, 0.5) is 10.1 Å². The molecular formula is C12H13FN2O2. The number of benzene rings is 1. The molecule has 0 spiro atoms. The van der Waals surface area contributed by atoms with E-state index in [1.54, 1.807) is 18.3 Å². The number of pyridine rings is 1. The van der Waals surface area contributed by atoms with Gasteiger partial charge in [-0.25, -0.2) is 4.39 Å². The Balaban J connectivity index is 2.46. The van der Waals surface area contributed by atoms with Gasteiger partial charge in [-0.15, -0.1) is 0 Å². The zero-order valence-electron chi connectivity index (χ0n) is 9.19. The van der Waals surface area contributed by atoms with Gasteiger partial charge < -0.3 is 15.6 Å². The second-order valence-electron chi connectivity index (χ2n) is 3.60. The molecule has 5 heteroatoms. The van der Waals surface area contributed by atoms with Crippen molar-refractivity contribution in [1.29, 1.82) is 0 Å². The summed E-state index contributed by atoms with van der Waals surface area (Å²) in [4.78, 5) is 4.07. The fourth-order valence-corrected chi connectivity index (χ4v) is 1.59. The summed E-state index contributed by atoms with van der Waals surface area (Å²) in [5, 5.41) is 9.32. The molecule has 0 aliphatic heterocycles. The number of anilines is 1. The number of aromatic nitrogens is 1. The van der Waals surface area contributed by atoms with Gasteiger partial charge in [0.05, 0.1) is 6.61 Å². The van der Waals surface area contributed by atoms with Gasteiger partial charge in [-0.1, -0.05) is 0 Å². The van der Waals surface area contributed by atoms with Crippen LogP contribution in [0.1, 0.15) is 6.42 Å². The number of hydrogen-bond acceptors (Lipinski definition) is 4. The third-order valence-electron chi connectivity index (χ3n) is 2.38. The van der Waals surface area contributed by atoms with Gasteiger partial charge in [0, 0.05) is 36.4 Å². The maximum Gasteiger partial charge on any atom is 0.181 e. The maximum atomic E-state index is 13.7. The van der Waals surface area contributed by atoms with Gasteiger partial charge in [0.15, 0.2) is 11.6 Å². The Labute approximate surface area is 97.8 Å². The van der Waals surface area contributed by atoms with Crippen LogP contribution in [0.25, 0.3) is 10.9 Å². The predicted octanol–water partition coefficient (Wildman–Crippen LogP) is 1.72. The number of ether oxygens (including phenoxy) is 1. The molecular weight excluding hydrogens is 223 g/mol. The van der Waals surface area contributed by atoms with E-state index in [2.05, 4.69) is 4.98 Å². The lowest BCUT2D eigenvalue weighted by molar-refractivity contribution is 0.230. The monoisotopic (exact) mass is 236 g/mol. The molecule has 2 aromatic rings. The van der Waals surface area contributed by atoms with Crippen molar-refractivity contribution >= 4 is 16.6 Å². The summed E-state index contributed by atoms with van der Waals surface area (Å²) in [6, 6.07) is 4.71. The van der Waals surface area contributed by atoms with Gasteiger partial charge >= 0.3 is 0 Å². The van der Waals surface area contributed by atoms with Crippen molar-refractivity contribution in [3.05, 3.63) is 30.2 Å². The Morgan fingerprint density at radius 2 is 2.29 bits per heavy atom. The number of aliphatic hydroxyl groups excluding tert-OH is 1. The van der Waals surface area contributed by atoms with E-state index in [0.717, 1.165) is 0 Å². The zero-order chi connectivity index (χ0) is 12.3. The average Bonchev–Trinajstić information content (AvgIpc) is 2.33. The number of aliphatic hydroxyl groups is 1. The summed E-state index contributed by atoms with van der Waals surface area (Å²) in [5.74, 6) is -0.449. The number of nitrogen functional groups attached to an aromatic ring is 1. The highest BCUT2D eigenvalue weighted by atomic mass is 19.1. The highest BCUT2D eigenvalue weighted by Crippen LogP contribution is 2.31. The van der Waals surface area contributed by atoms with Crippen molar-refractivity contribution in [3.63, 3.8) is 0 Å². The molecule has 0 unspecified atom stereocenters. The lowest BCUT2D eigenvalue weighted by atomic mass is 10.1. The first-order chi connectivity index (χ1) is 8.24. The molecule has 0 aliphatic carbocycles. The molecule has 0 amide bonds. The van der Waals surface area contributed by atoms with E-state index in [0.29, 0.717) is 23.0 Å². The summed E-state index contributed by atoms with van der Waals surface area (Å²) < 4.78 is 19.0. The SMILES string of the molecule is Nc1cc(F)c(OCCCO)c2ncccc12. The van der Waals surface area contributed by atoms with Gasteiger partial charge in [0.2, 0.25) is 0 Å². The topological polar surface area (TPSA) is 68.4 Å². The molecule has 0 atom stereocenters. The summed E-state index contributed by atoms with van der Waals surface area (Å²) >= 11 is 0. The Kier molecular flexibility index (Phi) is 3.39. The molecule has 90 valence electrons. The van der Waals surface area contributed by atoms with Gasteiger partial charge in [0.25, 0.3) is 0 Å². The first kappa shape index (κ1) is 11.6. The quantitative estimate of drug-likeness (QED) is 0.626. The Hall–Kier alpha value is -1.88. The second kappa shape index (κ2) is 4.97. The molecule has 0 fully saturated rings. The number of nitrogens with two attached hydrogens (primary N) is 1. The number of hydrogen-bond donors (Lipinski definition) is 2. The molecule has 1 heterocycles. The fraction of sp³-hybridized carbons (Fsp3) is 0.250. The van der Waals surface area contributed by atoms with Crippen molar-refractivity contribution < 1.29 is 14.2 Å². The smallest absolute Gasteiger partial charge is 0.181 e. The summed E-state index contributed by atoms with van der Waals surface area (Å²) in [6.45, 7) is 0.241. The van der Waals surface area contributed by atoms with Gasteiger partial charge in [-0.05, 0) is 12.1 Å². The molecule has 0 aliphatic rings. The Morgan fingerprint density at radius 1 is 1.47 bits per heavy atom. The van der Waals surface area contributed by atoms with Gasteiger partial charge in [0.1, 0.15) is 5.52 Å². The van der Waals surface area contributed by atoms with E-state index >= 15 is 0 Å². The second-order valence-corrected chi connectivity index (χ2v) is 3.60.